The molecule has 0 unspecified atom stereocenters. The van der Waals surface area contributed by atoms with Crippen molar-refractivity contribution in [3.05, 3.63) is 65.5 Å². The second-order valence-electron chi connectivity index (χ2n) is 5.69. The molecule has 2 aromatic carbocycles. The van der Waals surface area contributed by atoms with Gasteiger partial charge in [-0.2, -0.15) is 0 Å². The summed E-state index contributed by atoms with van der Waals surface area (Å²) in [5.41, 5.74) is 1.63. The summed E-state index contributed by atoms with van der Waals surface area (Å²) in [7, 11) is 1.64. The number of anilines is 1. The highest BCUT2D eigenvalue weighted by molar-refractivity contribution is 5.40. The van der Waals surface area contributed by atoms with Crippen LogP contribution in [0.3, 0.4) is 0 Å². The molecular weight excluding hydrogens is 309 g/mol. The molecule has 0 aliphatic carbocycles. The minimum atomic E-state index is -0.270. The highest BCUT2D eigenvalue weighted by Gasteiger charge is 2.32. The number of methoxy groups -OCH3 is 1. The number of nitrogens with zero attached hydrogens (tertiary/aromatic N) is 4. The van der Waals surface area contributed by atoms with Crippen molar-refractivity contribution in [1.82, 2.24) is 20.2 Å². The van der Waals surface area contributed by atoms with Crippen molar-refractivity contribution in [2.24, 2.45) is 0 Å². The van der Waals surface area contributed by atoms with Crippen LogP contribution in [0.25, 0.3) is 0 Å². The summed E-state index contributed by atoms with van der Waals surface area (Å²) in [5, 5.41) is 15.1. The maximum atomic E-state index is 14.3. The van der Waals surface area contributed by atoms with Gasteiger partial charge in [-0.15, -0.1) is 0 Å². The second kappa shape index (κ2) is 5.92. The molecule has 122 valence electrons. The van der Waals surface area contributed by atoms with E-state index < -0.39 is 0 Å². The minimum Gasteiger partial charge on any atom is -0.497 e. The van der Waals surface area contributed by atoms with Gasteiger partial charge in [0.05, 0.1) is 19.2 Å². The van der Waals surface area contributed by atoms with Crippen molar-refractivity contribution in [1.29, 1.82) is 0 Å². The zero-order valence-electron chi connectivity index (χ0n) is 13.1. The molecule has 2 atom stereocenters. The van der Waals surface area contributed by atoms with Crippen LogP contribution in [0, 0.1) is 5.82 Å². The molecule has 0 saturated heterocycles. The van der Waals surface area contributed by atoms with Crippen molar-refractivity contribution < 1.29 is 9.13 Å². The van der Waals surface area contributed by atoms with Gasteiger partial charge in [0, 0.05) is 5.56 Å². The van der Waals surface area contributed by atoms with Crippen molar-refractivity contribution in [2.75, 3.05) is 12.4 Å². The number of fused-ring (bicyclic) bond motifs is 1. The van der Waals surface area contributed by atoms with E-state index in [1.807, 2.05) is 30.3 Å². The van der Waals surface area contributed by atoms with E-state index in [1.54, 1.807) is 23.9 Å². The summed E-state index contributed by atoms with van der Waals surface area (Å²) < 4.78 is 21.2. The van der Waals surface area contributed by atoms with Gasteiger partial charge < -0.3 is 10.1 Å². The highest BCUT2D eigenvalue weighted by atomic mass is 19.1. The van der Waals surface area contributed by atoms with Gasteiger partial charge in [0.15, 0.2) is 0 Å². The van der Waals surface area contributed by atoms with Gasteiger partial charge in [-0.25, -0.2) is 9.07 Å². The molecule has 2 heterocycles. The molecule has 0 bridgehead atoms. The molecule has 0 spiro atoms. The monoisotopic (exact) mass is 325 g/mol. The summed E-state index contributed by atoms with van der Waals surface area (Å²) in [6.07, 6.45) is 0.631. The Bertz CT molecular complexity index is 865. The van der Waals surface area contributed by atoms with Gasteiger partial charge in [0.1, 0.15) is 11.6 Å². The number of benzene rings is 2. The van der Waals surface area contributed by atoms with Crippen LogP contribution in [-0.4, -0.2) is 27.3 Å². The van der Waals surface area contributed by atoms with Crippen LogP contribution < -0.4 is 10.1 Å². The van der Waals surface area contributed by atoms with Gasteiger partial charge in [0.2, 0.25) is 5.95 Å². The van der Waals surface area contributed by atoms with Crippen LogP contribution in [0.2, 0.25) is 0 Å². The maximum Gasteiger partial charge on any atom is 0.243 e. The third-order valence-electron chi connectivity index (χ3n) is 4.31. The fraction of sp³-hybridized carbons (Fsp3) is 0.235. The van der Waals surface area contributed by atoms with Crippen LogP contribution in [0.1, 0.15) is 29.6 Å². The minimum absolute atomic E-state index is 0.0387. The lowest BCUT2D eigenvalue weighted by Gasteiger charge is -2.31. The maximum absolute atomic E-state index is 14.3. The topological polar surface area (TPSA) is 64.9 Å². The summed E-state index contributed by atoms with van der Waals surface area (Å²) in [4.78, 5) is 0. The van der Waals surface area contributed by atoms with E-state index in [9.17, 15) is 4.39 Å². The molecule has 0 amide bonds. The van der Waals surface area contributed by atoms with E-state index >= 15 is 0 Å². The van der Waals surface area contributed by atoms with Crippen molar-refractivity contribution in [3.8, 4) is 5.75 Å². The largest absolute Gasteiger partial charge is 0.497 e. The zero-order valence-corrected chi connectivity index (χ0v) is 13.1. The summed E-state index contributed by atoms with van der Waals surface area (Å²) in [6.45, 7) is 0. The molecule has 1 aliphatic heterocycles. The molecule has 1 N–H and O–H groups in total. The summed E-state index contributed by atoms with van der Waals surface area (Å²) >= 11 is 0. The zero-order chi connectivity index (χ0) is 16.5. The molecule has 24 heavy (non-hydrogen) atoms. The number of rotatable bonds is 3. The first-order valence-electron chi connectivity index (χ1n) is 7.69. The lowest BCUT2D eigenvalue weighted by molar-refractivity contribution is 0.403. The van der Waals surface area contributed by atoms with Crippen molar-refractivity contribution in [2.45, 2.75) is 18.5 Å². The Morgan fingerprint density at radius 2 is 2.08 bits per heavy atom. The standard InChI is InChI=1S/C17H16FN5O/c1-24-12-6-4-5-11(9-12)15-10-16(13-7-2-3-8-14(13)18)23-17(19-15)20-21-22-23/h2-9,15-16H,10H2,1H3,(H,19,20,22)/t15-,16+/m0/s1. The van der Waals surface area contributed by atoms with Gasteiger partial charge >= 0.3 is 0 Å². The Morgan fingerprint density at radius 3 is 2.92 bits per heavy atom. The fourth-order valence-electron chi connectivity index (χ4n) is 3.12. The van der Waals surface area contributed by atoms with E-state index in [0.717, 1.165) is 11.3 Å². The molecular formula is C17H16FN5O. The average molecular weight is 325 g/mol. The Morgan fingerprint density at radius 1 is 1.21 bits per heavy atom. The van der Waals surface area contributed by atoms with Crippen LogP contribution in [0.4, 0.5) is 10.3 Å². The predicted molar refractivity (Wildman–Crippen MR) is 86.3 cm³/mol. The Balaban J connectivity index is 1.75. The van der Waals surface area contributed by atoms with E-state index in [2.05, 4.69) is 20.8 Å². The number of aromatic nitrogens is 4. The molecule has 1 aliphatic rings. The third kappa shape index (κ3) is 2.47. The SMILES string of the molecule is COc1cccc([C@@H]2C[C@H](c3ccccc3F)n3nnnc3N2)c1. The predicted octanol–water partition coefficient (Wildman–Crippen LogP) is 2.97. The lowest BCUT2D eigenvalue weighted by atomic mass is 9.93. The number of hydrogen-bond acceptors (Lipinski definition) is 5. The van der Waals surface area contributed by atoms with Crippen molar-refractivity contribution in [3.63, 3.8) is 0 Å². The Kier molecular flexibility index (Phi) is 3.60. The average Bonchev–Trinajstić information content (AvgIpc) is 3.10. The van der Waals surface area contributed by atoms with Gasteiger partial charge in [-0.05, 0) is 40.6 Å². The van der Waals surface area contributed by atoms with Crippen LogP contribution in [0.15, 0.2) is 48.5 Å². The quantitative estimate of drug-likeness (QED) is 0.802. The fourth-order valence-corrected chi connectivity index (χ4v) is 3.12. The summed E-state index contributed by atoms with van der Waals surface area (Å²) in [6, 6.07) is 14.2. The third-order valence-corrected chi connectivity index (χ3v) is 4.31. The molecule has 0 saturated carbocycles. The normalized spacial score (nSPS) is 19.4. The number of ether oxygens (including phenoxy) is 1. The first-order chi connectivity index (χ1) is 11.8. The van der Waals surface area contributed by atoms with Gasteiger partial charge in [-0.3, -0.25) is 0 Å². The number of tetrazole rings is 1. The van der Waals surface area contributed by atoms with Crippen molar-refractivity contribution >= 4 is 5.95 Å². The van der Waals surface area contributed by atoms with E-state index in [-0.39, 0.29) is 17.9 Å². The smallest absolute Gasteiger partial charge is 0.243 e. The molecule has 1 aromatic heterocycles. The Labute approximate surface area is 138 Å². The first kappa shape index (κ1) is 14.6. The highest BCUT2D eigenvalue weighted by Crippen LogP contribution is 2.38. The molecule has 4 rings (SSSR count). The van der Waals surface area contributed by atoms with E-state index in [0.29, 0.717) is 17.9 Å². The molecule has 7 heteroatoms. The molecule has 0 radical (unpaired) electrons. The number of nitrogens with one attached hydrogen (secondary N) is 1. The lowest BCUT2D eigenvalue weighted by Crippen LogP contribution is -2.28. The number of hydrogen-bond donors (Lipinski definition) is 1. The van der Waals surface area contributed by atoms with E-state index in [1.165, 1.54) is 6.07 Å². The van der Waals surface area contributed by atoms with Gasteiger partial charge in [0.25, 0.3) is 0 Å². The first-order valence-corrected chi connectivity index (χ1v) is 7.69. The second-order valence-corrected chi connectivity index (χ2v) is 5.69. The number of halogens is 1. The van der Waals surface area contributed by atoms with Crippen LogP contribution in [-0.2, 0) is 0 Å². The van der Waals surface area contributed by atoms with Crippen LogP contribution in [0.5, 0.6) is 5.75 Å². The van der Waals surface area contributed by atoms with E-state index in [4.69, 9.17) is 4.74 Å². The molecule has 6 nitrogen and oxygen atoms in total. The van der Waals surface area contributed by atoms with Gasteiger partial charge in [-0.1, -0.05) is 35.4 Å². The summed E-state index contributed by atoms with van der Waals surface area (Å²) in [5.74, 6) is 1.06. The van der Waals surface area contributed by atoms with Crippen LogP contribution >= 0.6 is 0 Å². The Hall–Kier alpha value is -2.96. The molecule has 0 fully saturated rings. The molecule has 3 aromatic rings.